The molecule has 2 unspecified atom stereocenters. The van der Waals surface area contributed by atoms with E-state index >= 15 is 0 Å². The topological polar surface area (TPSA) is 204 Å². The minimum absolute atomic E-state index is 0.00354. The van der Waals surface area contributed by atoms with E-state index in [2.05, 4.69) is 51.2 Å². The summed E-state index contributed by atoms with van der Waals surface area (Å²) in [4.78, 5) is 41.0. The molecule has 16 nitrogen and oxygen atoms in total. The van der Waals surface area contributed by atoms with Crippen molar-refractivity contribution < 1.29 is 22.8 Å². The Labute approximate surface area is 423 Å². The lowest BCUT2D eigenvalue weighted by atomic mass is 9.91. The lowest BCUT2D eigenvalue weighted by Gasteiger charge is -2.30. The molecule has 0 fully saturated rings. The van der Waals surface area contributed by atoms with Crippen LogP contribution in [-0.2, 0) is 17.0 Å². The molecule has 0 radical (unpaired) electrons. The molecule has 72 heavy (non-hydrogen) atoms. The number of nitrogen functional groups attached to an aromatic ring is 2. The highest BCUT2D eigenvalue weighted by molar-refractivity contribution is 6.00. The van der Waals surface area contributed by atoms with E-state index in [0.29, 0.717) is 48.6 Å². The zero-order chi connectivity index (χ0) is 53.1. The Morgan fingerprint density at radius 1 is 0.611 bits per heavy atom. The molecule has 0 bridgehead atoms. The van der Waals surface area contributed by atoms with Crippen LogP contribution in [0.3, 0.4) is 0 Å². The predicted octanol–water partition coefficient (Wildman–Crippen LogP) is 14.1. The molecule has 2 amide bonds. The number of carbonyl (C=O) groups is 2. The van der Waals surface area contributed by atoms with E-state index in [1.165, 1.54) is 27.8 Å². The van der Waals surface area contributed by atoms with Crippen molar-refractivity contribution in [1.29, 1.82) is 0 Å². The predicted molar refractivity (Wildman–Crippen MR) is 279 cm³/mol. The lowest BCUT2D eigenvalue weighted by Crippen LogP contribution is -2.39. The zero-order valence-electron chi connectivity index (χ0n) is 44.3. The number of rotatable bonds is 22. The van der Waals surface area contributed by atoms with Crippen LogP contribution in [0.1, 0.15) is 185 Å². The number of anilines is 2. The number of nitrogens with zero attached hydrogens (tertiary/aromatic N) is 12. The second-order valence-corrected chi connectivity index (χ2v) is 20.5. The molecule has 0 aliphatic carbocycles. The fraction of sp³-hybridized carbons (Fsp3) is 0.547. The highest BCUT2D eigenvalue weighted by Crippen LogP contribution is 2.43. The molecule has 3 heterocycles. The van der Waals surface area contributed by atoms with Gasteiger partial charge < -0.3 is 21.3 Å². The normalized spacial score (nSPS) is 13.3. The summed E-state index contributed by atoms with van der Waals surface area (Å²) in [6, 6.07) is 12.0. The molecule has 0 saturated heterocycles. The number of hydrogen-bond acceptors (Lipinski definition) is 12. The zero-order valence-corrected chi connectivity index (χ0v) is 44.3. The average molecular weight is 997 g/mol. The highest BCUT2D eigenvalue weighted by Gasteiger charge is 2.37. The molecule has 5 aromatic rings. The van der Waals surface area contributed by atoms with Crippen molar-refractivity contribution in [2.45, 2.75) is 176 Å². The molecule has 0 saturated carbocycles. The highest BCUT2D eigenvalue weighted by atomic mass is 19.4. The maximum atomic E-state index is 14.8. The average Bonchev–Trinajstić information content (AvgIpc) is 3.86. The third-order valence-corrected chi connectivity index (χ3v) is 12.5. The monoisotopic (exact) mass is 997 g/mol. The van der Waals surface area contributed by atoms with Crippen LogP contribution >= 0.6 is 0 Å². The standard InChI is InChI=1S/C53H75F3N14O2/c1-13-17-24-34(5)67(30-19-15-3)49(71)36-26-21-22-29-39(36)61-63-43-45(51(7,8)9)65-69(47(43)57)40-32-41(60-33-59-40)70-48(58)44(46(66-70)52(10,11)12)64-62-42-37(27-23-28-38(42)53(54,55)56)50(72)68(31-20-16-4)35(6)25-18-14-2/h21-23,26-29,32-35H,13-20,24-25,30-31,57-58H2,1-12H3. The van der Waals surface area contributed by atoms with Gasteiger partial charge in [-0.1, -0.05) is 126 Å². The Balaban J connectivity index is 1.59. The number of carbonyl (C=O) groups excluding carboxylic acids is 2. The summed E-state index contributed by atoms with van der Waals surface area (Å²) in [5.41, 5.74) is 12.3. The van der Waals surface area contributed by atoms with Gasteiger partial charge in [0, 0.05) is 42.1 Å². The van der Waals surface area contributed by atoms with Crippen molar-refractivity contribution in [3.8, 4) is 11.6 Å². The number of amides is 2. The van der Waals surface area contributed by atoms with E-state index in [4.69, 9.17) is 21.7 Å². The Morgan fingerprint density at radius 3 is 1.50 bits per heavy atom. The van der Waals surface area contributed by atoms with Crippen LogP contribution in [0.4, 0.5) is 47.6 Å². The van der Waals surface area contributed by atoms with Gasteiger partial charge >= 0.3 is 6.18 Å². The minimum Gasteiger partial charge on any atom is -0.382 e. The summed E-state index contributed by atoms with van der Waals surface area (Å²) in [5.74, 6) is -0.277. The first-order valence-electron chi connectivity index (χ1n) is 25.3. The van der Waals surface area contributed by atoms with Crippen LogP contribution in [0.25, 0.3) is 11.6 Å². The van der Waals surface area contributed by atoms with Crippen molar-refractivity contribution in [3.63, 3.8) is 0 Å². The molecule has 0 aliphatic rings. The molecule has 0 aliphatic heterocycles. The molecule has 5 rings (SSSR count). The van der Waals surface area contributed by atoms with Gasteiger partial charge in [0.25, 0.3) is 11.8 Å². The Morgan fingerprint density at radius 2 is 1.04 bits per heavy atom. The fourth-order valence-electron chi connectivity index (χ4n) is 8.29. The first-order chi connectivity index (χ1) is 34.0. The van der Waals surface area contributed by atoms with Crippen molar-refractivity contribution >= 4 is 46.2 Å². The SMILES string of the molecule is CCCCC(C)N(CCCC)C(=O)c1ccccc1N=Nc1c(C(C)(C)C)nn(-c2cc(-n3nc(C(C)(C)C)c(N=Nc4c(C(=O)N(CCCC)C(C)CCCC)cccc4C(F)(F)F)c3N)ncn2)c1N. The maximum Gasteiger partial charge on any atom is 0.418 e. The summed E-state index contributed by atoms with van der Waals surface area (Å²) >= 11 is 0. The van der Waals surface area contributed by atoms with Crippen molar-refractivity contribution in [2.24, 2.45) is 20.5 Å². The van der Waals surface area contributed by atoms with Crippen LogP contribution in [-0.4, -0.2) is 76.3 Å². The second-order valence-electron chi connectivity index (χ2n) is 20.5. The summed E-state index contributed by atoms with van der Waals surface area (Å²) < 4.78 is 47.0. The van der Waals surface area contributed by atoms with E-state index in [9.17, 15) is 22.8 Å². The van der Waals surface area contributed by atoms with Crippen molar-refractivity contribution in [2.75, 3.05) is 24.6 Å². The van der Waals surface area contributed by atoms with Crippen LogP contribution < -0.4 is 11.5 Å². The van der Waals surface area contributed by atoms with Gasteiger partial charge in [-0.3, -0.25) is 9.59 Å². The first-order valence-corrected chi connectivity index (χ1v) is 25.3. The maximum absolute atomic E-state index is 14.8. The molecular formula is C53H75F3N14O2. The first kappa shape index (κ1) is 56.4. The number of aromatic nitrogens is 6. The van der Waals surface area contributed by atoms with Gasteiger partial charge in [-0.2, -0.15) is 32.7 Å². The smallest absolute Gasteiger partial charge is 0.382 e. The summed E-state index contributed by atoms with van der Waals surface area (Å²) in [7, 11) is 0. The molecule has 19 heteroatoms. The molecular weight excluding hydrogens is 922 g/mol. The fourth-order valence-corrected chi connectivity index (χ4v) is 8.29. The number of alkyl halides is 3. The molecule has 3 aromatic heterocycles. The van der Waals surface area contributed by atoms with E-state index < -0.39 is 34.2 Å². The van der Waals surface area contributed by atoms with Gasteiger partial charge in [-0.15, -0.1) is 20.5 Å². The Hall–Kier alpha value is -6.53. The van der Waals surface area contributed by atoms with E-state index in [0.717, 1.165) is 57.4 Å². The summed E-state index contributed by atoms with van der Waals surface area (Å²) in [5, 5.41) is 27.5. The molecule has 390 valence electrons. The quantitative estimate of drug-likeness (QED) is 0.0637. The number of nitrogens with two attached hydrogens (primary N) is 2. The molecule has 4 N–H and O–H groups in total. The van der Waals surface area contributed by atoms with E-state index in [1.807, 2.05) is 73.3 Å². The minimum atomic E-state index is -4.86. The van der Waals surface area contributed by atoms with E-state index in [1.54, 1.807) is 29.2 Å². The number of benzene rings is 2. The van der Waals surface area contributed by atoms with E-state index in [-0.39, 0.29) is 58.2 Å². The summed E-state index contributed by atoms with van der Waals surface area (Å²) in [6.45, 7) is 24.7. The van der Waals surface area contributed by atoms with Crippen LogP contribution in [0.2, 0.25) is 0 Å². The summed E-state index contributed by atoms with van der Waals surface area (Å²) in [6.07, 6.45) is 5.12. The largest absolute Gasteiger partial charge is 0.418 e. The Bertz CT molecular complexity index is 2690. The third kappa shape index (κ3) is 13.3. The third-order valence-electron chi connectivity index (χ3n) is 12.5. The number of azo groups is 2. The van der Waals surface area contributed by atoms with Gasteiger partial charge in [-0.25, -0.2) is 9.97 Å². The van der Waals surface area contributed by atoms with Gasteiger partial charge in [0.2, 0.25) is 0 Å². The van der Waals surface area contributed by atoms with Gasteiger partial charge in [0.1, 0.15) is 12.0 Å². The molecule has 0 spiro atoms. The number of halogens is 3. The lowest BCUT2D eigenvalue weighted by molar-refractivity contribution is -0.137. The van der Waals surface area contributed by atoms with Crippen molar-refractivity contribution in [3.05, 3.63) is 82.9 Å². The molecule has 2 aromatic carbocycles. The van der Waals surface area contributed by atoms with Crippen LogP contribution in [0, 0.1) is 0 Å². The second kappa shape index (κ2) is 24.3. The number of hydrogen-bond donors (Lipinski definition) is 2. The van der Waals surface area contributed by atoms with Crippen LogP contribution in [0.5, 0.6) is 0 Å². The van der Waals surface area contributed by atoms with Gasteiger partial charge in [0.15, 0.2) is 34.6 Å². The van der Waals surface area contributed by atoms with Crippen LogP contribution in [0.15, 0.2) is 75.3 Å². The van der Waals surface area contributed by atoms with Crippen molar-refractivity contribution in [1.82, 2.24) is 39.3 Å². The van der Waals surface area contributed by atoms with Gasteiger partial charge in [-0.05, 0) is 63.8 Å². The molecule has 2 atom stereocenters. The number of unbranched alkanes of at least 4 members (excludes halogenated alkanes) is 4. The van der Waals surface area contributed by atoms with Gasteiger partial charge in [0.05, 0.1) is 33.8 Å². The Kier molecular flexibility index (Phi) is 19.0.